The van der Waals surface area contributed by atoms with Crippen LogP contribution >= 0.6 is 0 Å². The molecule has 1 aliphatic rings. The first kappa shape index (κ1) is 62.3. The molecule has 400 valence electrons. The zero-order valence-corrected chi connectivity index (χ0v) is 55.3. The Hall–Kier alpha value is -4.50. The van der Waals surface area contributed by atoms with Crippen molar-refractivity contribution >= 4 is 89.2 Å². The standard InChI is InChI=1S/C60H80O8Si8/c1-17-25-29-33-53-37-45-57(46-38-53)73(61-69(9,10)21-5)65-74(62-70(11,12)22-6,58-47-39-54(40-48-58)34-30-26-18-2)67-76(64-72(15,16)24-8,60-51-43-56(44-52-60)36-32-28-20-4)68-75(66-73,63-71(13,14)23-7)59-49-41-55(42-50-59)35-31-27-19-3/h21-24,37-52H,5-8,17-20,25-28H2,1-4,9-16H3. The molecule has 1 saturated heterocycles. The maximum absolute atomic E-state index is 8.27. The van der Waals surface area contributed by atoms with Crippen molar-refractivity contribution < 1.29 is 32.9 Å². The van der Waals surface area contributed by atoms with E-state index in [9.17, 15) is 0 Å². The van der Waals surface area contributed by atoms with Crippen LogP contribution < -0.4 is 20.7 Å². The Morgan fingerprint density at radius 1 is 0.342 bits per heavy atom. The molecule has 0 unspecified atom stereocenters. The second kappa shape index (κ2) is 27.4. The average Bonchev–Trinajstić information content (AvgIpc) is 3.43. The molecule has 8 nitrogen and oxygen atoms in total. The maximum Gasteiger partial charge on any atom is 0.512 e. The SMILES string of the molecule is C=C[Si](C)(C)O[Si]1(c2ccc(C#CCCC)cc2)O[Si](O[Si](C)(C)C=C)(c2ccc(C#CCCC)cc2)O[Si](O[Si](C)(C)C=C)(c2ccc(C#CCCC)cc2)O[Si](O[Si](C)(C)C=C)(c2ccc(C#CCCC)cc2)O1. The second-order valence-electron chi connectivity index (χ2n) is 20.8. The first-order valence-electron chi connectivity index (χ1n) is 26.6. The fourth-order valence-electron chi connectivity index (χ4n) is 7.41. The highest BCUT2D eigenvalue weighted by atomic mass is 28.6. The van der Waals surface area contributed by atoms with E-state index in [0.717, 1.165) is 73.6 Å². The van der Waals surface area contributed by atoms with Gasteiger partial charge in [-0.05, 0) is 127 Å². The molecule has 0 spiro atoms. The monoisotopic (exact) mass is 1150 g/mol. The highest BCUT2D eigenvalue weighted by Crippen LogP contribution is 2.39. The molecule has 0 amide bonds. The first-order chi connectivity index (χ1) is 36.0. The summed E-state index contributed by atoms with van der Waals surface area (Å²) in [6, 6.07) is 31.9. The molecule has 0 radical (unpaired) electrons. The van der Waals surface area contributed by atoms with E-state index in [2.05, 4.69) is 154 Å². The third-order valence-corrected chi connectivity index (χ3v) is 41.4. The molecule has 0 bridgehead atoms. The van der Waals surface area contributed by atoms with Gasteiger partial charge >= 0.3 is 35.2 Å². The Bertz CT molecular complexity index is 2480. The zero-order chi connectivity index (χ0) is 55.7. The summed E-state index contributed by atoms with van der Waals surface area (Å²) in [7, 11) is -30.5. The number of rotatable bonds is 20. The van der Waals surface area contributed by atoms with Crippen LogP contribution in [0.2, 0.25) is 52.4 Å². The minimum atomic E-state index is -4.63. The highest BCUT2D eigenvalue weighted by Gasteiger charge is 2.73. The van der Waals surface area contributed by atoms with Crippen molar-refractivity contribution in [1.82, 2.24) is 0 Å². The van der Waals surface area contributed by atoms with E-state index in [1.165, 1.54) is 0 Å². The lowest BCUT2D eigenvalue weighted by Crippen LogP contribution is -2.85. The van der Waals surface area contributed by atoms with Crippen molar-refractivity contribution in [3.63, 3.8) is 0 Å². The van der Waals surface area contributed by atoms with Gasteiger partial charge < -0.3 is 32.9 Å². The van der Waals surface area contributed by atoms with E-state index >= 15 is 0 Å². The van der Waals surface area contributed by atoms with Gasteiger partial charge in [-0.25, -0.2) is 0 Å². The summed E-state index contributed by atoms with van der Waals surface area (Å²) in [5.41, 5.74) is 10.9. The molecule has 0 aliphatic carbocycles. The topological polar surface area (TPSA) is 73.8 Å². The minimum absolute atomic E-state index is 0.635. The van der Waals surface area contributed by atoms with Crippen LogP contribution in [0.4, 0.5) is 0 Å². The summed E-state index contributed by atoms with van der Waals surface area (Å²) < 4.78 is 64.2. The van der Waals surface area contributed by atoms with Crippen molar-refractivity contribution in [2.75, 3.05) is 0 Å². The molecule has 76 heavy (non-hydrogen) atoms. The molecule has 1 aliphatic heterocycles. The van der Waals surface area contributed by atoms with E-state index < -0.39 is 68.5 Å². The minimum Gasteiger partial charge on any atom is -0.409 e. The molecule has 0 atom stereocenters. The molecule has 16 heteroatoms. The van der Waals surface area contributed by atoms with Crippen LogP contribution in [0.3, 0.4) is 0 Å². The summed E-state index contributed by atoms with van der Waals surface area (Å²) in [5, 5.41) is 2.54. The van der Waals surface area contributed by atoms with Crippen LogP contribution in [0, 0.1) is 47.4 Å². The average molecular weight is 1150 g/mol. The number of benzene rings is 4. The van der Waals surface area contributed by atoms with Gasteiger partial charge in [0.25, 0.3) is 0 Å². The third kappa shape index (κ3) is 16.8. The van der Waals surface area contributed by atoms with Crippen LogP contribution in [0.25, 0.3) is 0 Å². The van der Waals surface area contributed by atoms with E-state index in [4.69, 9.17) is 32.9 Å². The smallest absolute Gasteiger partial charge is 0.409 e. The third-order valence-electron chi connectivity index (χ3n) is 12.0. The van der Waals surface area contributed by atoms with Gasteiger partial charge in [-0.1, -0.05) is 146 Å². The van der Waals surface area contributed by atoms with E-state index in [-0.39, 0.29) is 0 Å². The second-order valence-corrected chi connectivity index (χ2v) is 48.5. The van der Waals surface area contributed by atoms with Crippen molar-refractivity contribution in [3.8, 4) is 47.4 Å². The van der Waals surface area contributed by atoms with Gasteiger partial charge in [0.2, 0.25) is 33.3 Å². The van der Waals surface area contributed by atoms with Gasteiger partial charge in [0.1, 0.15) is 0 Å². The Morgan fingerprint density at radius 2 is 0.513 bits per heavy atom. The number of hydrogen-bond donors (Lipinski definition) is 0. The molecule has 0 N–H and O–H groups in total. The molecular weight excluding hydrogens is 1070 g/mol. The molecule has 0 aromatic heterocycles. The van der Waals surface area contributed by atoms with E-state index in [1.807, 2.05) is 120 Å². The first-order valence-corrected chi connectivity index (χ1v) is 45.4. The molecule has 4 aromatic carbocycles. The maximum atomic E-state index is 8.27. The summed E-state index contributed by atoms with van der Waals surface area (Å²) in [5.74, 6) is 26.6. The van der Waals surface area contributed by atoms with Crippen LogP contribution in [0.15, 0.2) is 146 Å². The van der Waals surface area contributed by atoms with Gasteiger partial charge in [-0.2, -0.15) is 0 Å². The molecule has 4 aromatic rings. The quantitative estimate of drug-likeness (QED) is 0.0640. The molecule has 0 saturated carbocycles. The fraction of sp³-hybridized carbons (Fsp3) is 0.333. The molecular formula is C60H80O8Si8. The molecule has 1 fully saturated rings. The van der Waals surface area contributed by atoms with Crippen LogP contribution in [-0.2, 0) is 32.9 Å². The number of hydrogen-bond acceptors (Lipinski definition) is 8. The fourth-order valence-corrected chi connectivity index (χ4v) is 39.9. The lowest BCUT2D eigenvalue weighted by Gasteiger charge is -2.53. The van der Waals surface area contributed by atoms with Gasteiger partial charge in [0.05, 0.1) is 0 Å². The summed E-state index contributed by atoms with van der Waals surface area (Å²) in [6.45, 7) is 42.4. The molecule has 5 rings (SSSR count). The Morgan fingerprint density at radius 3 is 0.658 bits per heavy atom. The van der Waals surface area contributed by atoms with Gasteiger partial charge in [-0.3, -0.25) is 0 Å². The lowest BCUT2D eigenvalue weighted by molar-refractivity contribution is 0.105. The zero-order valence-electron chi connectivity index (χ0n) is 47.3. The van der Waals surface area contributed by atoms with Gasteiger partial charge in [-0.15, -0.1) is 26.3 Å². The van der Waals surface area contributed by atoms with Crippen LogP contribution in [0.1, 0.15) is 101 Å². The normalized spacial score (nSPS) is 20.8. The van der Waals surface area contributed by atoms with Crippen LogP contribution in [0.5, 0.6) is 0 Å². The molecule has 1 heterocycles. The summed E-state index contributed by atoms with van der Waals surface area (Å²) in [6.07, 6.45) is 6.87. The largest absolute Gasteiger partial charge is 0.512 e. The van der Waals surface area contributed by atoms with Crippen molar-refractivity contribution in [2.45, 2.75) is 131 Å². The summed E-state index contributed by atoms with van der Waals surface area (Å²) >= 11 is 0. The Kier molecular flexibility index (Phi) is 22.5. The predicted octanol–water partition coefficient (Wildman–Crippen LogP) is 11.8. The summed E-state index contributed by atoms with van der Waals surface area (Å²) in [4.78, 5) is 0. The lowest BCUT2D eigenvalue weighted by atomic mass is 10.2. The van der Waals surface area contributed by atoms with Crippen molar-refractivity contribution in [3.05, 3.63) is 168 Å². The highest BCUT2D eigenvalue weighted by molar-refractivity contribution is 7.07. The van der Waals surface area contributed by atoms with Gasteiger partial charge in [0, 0.05) is 68.7 Å². The Labute approximate surface area is 466 Å². The Balaban J connectivity index is 2.12. The predicted molar refractivity (Wildman–Crippen MR) is 334 cm³/mol. The van der Waals surface area contributed by atoms with Crippen LogP contribution in [-0.4, -0.2) is 68.5 Å². The van der Waals surface area contributed by atoms with E-state index in [0.29, 0.717) is 20.7 Å². The number of unbranched alkanes of at least 4 members (excludes halogenated alkanes) is 4. The van der Waals surface area contributed by atoms with Crippen molar-refractivity contribution in [1.29, 1.82) is 0 Å². The van der Waals surface area contributed by atoms with E-state index in [1.54, 1.807) is 0 Å². The van der Waals surface area contributed by atoms with Gasteiger partial charge in [0.15, 0.2) is 0 Å². The van der Waals surface area contributed by atoms with Crippen molar-refractivity contribution in [2.24, 2.45) is 0 Å².